The van der Waals surface area contributed by atoms with Crippen molar-refractivity contribution in [1.82, 2.24) is 18.8 Å². The van der Waals surface area contributed by atoms with Crippen molar-refractivity contribution in [3.05, 3.63) is 53.9 Å². The second-order valence-electron chi connectivity index (χ2n) is 10.7. The van der Waals surface area contributed by atoms with Crippen LogP contribution in [0.15, 0.2) is 47.4 Å². The molecule has 2 fully saturated rings. The summed E-state index contributed by atoms with van der Waals surface area (Å²) in [6, 6.07) is 12.6. The molecule has 1 aromatic heterocycles. The molecule has 5 rings (SSSR count). The number of aryl methyl sites for hydroxylation is 3. The van der Waals surface area contributed by atoms with E-state index in [-0.39, 0.29) is 5.91 Å². The molecule has 0 radical (unpaired) electrons. The maximum atomic E-state index is 13.1. The molecule has 2 aliphatic rings. The summed E-state index contributed by atoms with van der Waals surface area (Å²) in [5, 5.41) is 9.44. The number of phenolic OH excluding ortho intramolecular Hbond substituents is 1. The number of hydrogen-bond acceptors (Lipinski definition) is 5. The Balaban J connectivity index is 1.15. The number of fused-ring (bicyclic) bond motifs is 1. The molecule has 0 aliphatic carbocycles. The summed E-state index contributed by atoms with van der Waals surface area (Å²) in [7, 11) is -1.59. The number of aromatic hydroxyl groups is 1. The van der Waals surface area contributed by atoms with Crippen LogP contribution in [0, 0.1) is 5.92 Å². The quantitative estimate of drug-likeness (QED) is 0.463. The van der Waals surface area contributed by atoms with Crippen LogP contribution in [-0.4, -0.2) is 64.4 Å². The van der Waals surface area contributed by atoms with Gasteiger partial charge in [-0.15, -0.1) is 0 Å². The SMILES string of the molecule is Cn1c(CCC(=O)N2CCC(CCc3ccc(O)cc3)CC2)nc2cc(S(=O)(=O)N3CCCCC3)ccc21. The van der Waals surface area contributed by atoms with E-state index >= 15 is 0 Å². The fourth-order valence-corrected chi connectivity index (χ4v) is 7.29. The molecule has 0 spiro atoms. The minimum absolute atomic E-state index is 0.155. The van der Waals surface area contributed by atoms with Gasteiger partial charge >= 0.3 is 0 Å². The summed E-state index contributed by atoms with van der Waals surface area (Å²) >= 11 is 0. The summed E-state index contributed by atoms with van der Waals surface area (Å²) < 4.78 is 29.7. The average Bonchev–Trinajstić information content (AvgIpc) is 3.26. The van der Waals surface area contributed by atoms with E-state index in [1.807, 2.05) is 34.7 Å². The predicted molar refractivity (Wildman–Crippen MR) is 147 cm³/mol. The summed E-state index contributed by atoms with van der Waals surface area (Å²) in [6.45, 7) is 2.73. The Morgan fingerprint density at radius 1 is 0.974 bits per heavy atom. The van der Waals surface area contributed by atoms with E-state index in [4.69, 9.17) is 4.98 Å². The van der Waals surface area contributed by atoms with Gasteiger partial charge in [0.1, 0.15) is 11.6 Å². The maximum absolute atomic E-state index is 13.1. The first-order valence-electron chi connectivity index (χ1n) is 13.8. The number of benzene rings is 2. The number of imidazole rings is 1. The highest BCUT2D eigenvalue weighted by Gasteiger charge is 2.27. The first-order chi connectivity index (χ1) is 18.3. The number of carbonyl (C=O) groups is 1. The number of piperidine rings is 2. The molecular weight excluding hydrogens is 500 g/mol. The minimum atomic E-state index is -3.51. The normalized spacial score (nSPS) is 17.8. The van der Waals surface area contributed by atoms with Gasteiger partial charge in [-0.1, -0.05) is 18.6 Å². The van der Waals surface area contributed by atoms with Gasteiger partial charge in [0, 0.05) is 46.1 Å². The van der Waals surface area contributed by atoms with E-state index in [1.54, 1.807) is 28.6 Å². The number of amides is 1. The fourth-order valence-electron chi connectivity index (χ4n) is 5.75. The molecule has 0 atom stereocenters. The molecule has 2 aliphatic heterocycles. The lowest BCUT2D eigenvalue weighted by Crippen LogP contribution is -2.38. The van der Waals surface area contributed by atoms with Crippen molar-refractivity contribution in [3.8, 4) is 5.75 Å². The van der Waals surface area contributed by atoms with Crippen LogP contribution < -0.4 is 0 Å². The molecule has 38 heavy (non-hydrogen) atoms. The van der Waals surface area contributed by atoms with E-state index in [0.717, 1.165) is 69.4 Å². The summed E-state index contributed by atoms with van der Waals surface area (Å²) in [5.74, 6) is 1.86. The molecule has 204 valence electrons. The van der Waals surface area contributed by atoms with Crippen LogP contribution in [0.3, 0.4) is 0 Å². The number of rotatable bonds is 8. The van der Waals surface area contributed by atoms with Crippen molar-refractivity contribution in [2.75, 3.05) is 26.2 Å². The molecule has 3 aromatic rings. The molecule has 1 N–H and O–H groups in total. The highest BCUT2D eigenvalue weighted by atomic mass is 32.2. The van der Waals surface area contributed by atoms with Crippen LogP contribution in [0.4, 0.5) is 0 Å². The number of aromatic nitrogens is 2. The molecular formula is C29H38N4O4S. The maximum Gasteiger partial charge on any atom is 0.243 e. The van der Waals surface area contributed by atoms with Gasteiger partial charge < -0.3 is 14.6 Å². The molecule has 3 heterocycles. The fraction of sp³-hybridized carbons (Fsp3) is 0.517. The van der Waals surface area contributed by atoms with Crippen molar-refractivity contribution in [2.45, 2.75) is 62.7 Å². The van der Waals surface area contributed by atoms with Gasteiger partial charge in [-0.3, -0.25) is 4.79 Å². The molecule has 0 unspecified atom stereocenters. The molecule has 9 heteroatoms. The number of sulfonamides is 1. The minimum Gasteiger partial charge on any atom is -0.508 e. The lowest BCUT2D eigenvalue weighted by Gasteiger charge is -2.32. The third-order valence-corrected chi connectivity index (χ3v) is 10.1. The van der Waals surface area contributed by atoms with E-state index < -0.39 is 10.0 Å². The van der Waals surface area contributed by atoms with Gasteiger partial charge in [-0.25, -0.2) is 13.4 Å². The van der Waals surface area contributed by atoms with Gasteiger partial charge in [0.15, 0.2) is 0 Å². The van der Waals surface area contributed by atoms with Crippen molar-refractivity contribution >= 4 is 27.0 Å². The van der Waals surface area contributed by atoms with Crippen molar-refractivity contribution < 1.29 is 18.3 Å². The lowest BCUT2D eigenvalue weighted by molar-refractivity contribution is -0.132. The van der Waals surface area contributed by atoms with Gasteiger partial charge in [0.05, 0.1) is 15.9 Å². The van der Waals surface area contributed by atoms with Crippen LogP contribution in [0.1, 0.15) is 56.3 Å². The van der Waals surface area contributed by atoms with Crippen molar-refractivity contribution in [2.24, 2.45) is 13.0 Å². The number of hydrogen-bond donors (Lipinski definition) is 1. The van der Waals surface area contributed by atoms with Gasteiger partial charge in [0.2, 0.25) is 15.9 Å². The number of carbonyl (C=O) groups excluding carboxylic acids is 1. The highest BCUT2D eigenvalue weighted by Crippen LogP contribution is 2.26. The monoisotopic (exact) mass is 538 g/mol. The summed E-state index contributed by atoms with van der Waals surface area (Å²) in [5.41, 5.74) is 2.77. The lowest BCUT2D eigenvalue weighted by atomic mass is 9.90. The van der Waals surface area contributed by atoms with Crippen LogP contribution >= 0.6 is 0 Å². The molecule has 1 amide bonds. The molecule has 2 saturated heterocycles. The van der Waals surface area contributed by atoms with E-state index in [9.17, 15) is 18.3 Å². The zero-order chi connectivity index (χ0) is 26.7. The molecule has 0 saturated carbocycles. The zero-order valence-electron chi connectivity index (χ0n) is 22.2. The first kappa shape index (κ1) is 26.7. The Morgan fingerprint density at radius 2 is 1.68 bits per heavy atom. The van der Waals surface area contributed by atoms with Gasteiger partial charge in [0.25, 0.3) is 0 Å². The van der Waals surface area contributed by atoms with E-state index in [1.165, 1.54) is 5.56 Å². The van der Waals surface area contributed by atoms with Gasteiger partial charge in [-0.05, 0) is 80.3 Å². The Kier molecular flexibility index (Phi) is 8.04. The van der Waals surface area contributed by atoms with Crippen LogP contribution in [0.25, 0.3) is 11.0 Å². The summed E-state index contributed by atoms with van der Waals surface area (Å²) in [6.07, 6.45) is 7.94. The second-order valence-corrected chi connectivity index (χ2v) is 12.7. The molecule has 8 nitrogen and oxygen atoms in total. The number of nitrogens with zero attached hydrogens (tertiary/aromatic N) is 4. The first-order valence-corrected chi connectivity index (χ1v) is 15.3. The Hall–Kier alpha value is -2.91. The summed E-state index contributed by atoms with van der Waals surface area (Å²) in [4.78, 5) is 19.9. The predicted octanol–water partition coefficient (Wildman–Crippen LogP) is 4.26. The van der Waals surface area contributed by atoms with E-state index in [2.05, 4.69) is 0 Å². The standard InChI is InChI=1S/C29H38N4O4S/c1-31-27-12-11-25(38(36,37)33-17-3-2-4-18-33)21-26(27)30-28(31)13-14-29(35)32-19-15-23(16-20-32)6-5-22-7-9-24(34)10-8-22/h7-12,21,23,34H,2-6,13-20H2,1H3. The zero-order valence-corrected chi connectivity index (χ0v) is 23.0. The van der Waals surface area contributed by atoms with E-state index in [0.29, 0.717) is 48.0 Å². The second kappa shape index (κ2) is 11.5. The smallest absolute Gasteiger partial charge is 0.243 e. The van der Waals surface area contributed by atoms with Gasteiger partial charge in [-0.2, -0.15) is 4.31 Å². The Morgan fingerprint density at radius 3 is 2.39 bits per heavy atom. The molecule has 0 bridgehead atoms. The third-order valence-electron chi connectivity index (χ3n) is 8.21. The van der Waals surface area contributed by atoms with Crippen LogP contribution in [0.2, 0.25) is 0 Å². The third kappa shape index (κ3) is 5.89. The van der Waals surface area contributed by atoms with Crippen LogP contribution in [0.5, 0.6) is 5.75 Å². The largest absolute Gasteiger partial charge is 0.508 e. The molecule has 2 aromatic carbocycles. The number of likely N-dealkylation sites (tertiary alicyclic amines) is 1. The van der Waals surface area contributed by atoms with Crippen molar-refractivity contribution in [1.29, 1.82) is 0 Å². The van der Waals surface area contributed by atoms with Crippen molar-refractivity contribution in [3.63, 3.8) is 0 Å². The number of phenols is 1. The average molecular weight is 539 g/mol. The topological polar surface area (TPSA) is 95.7 Å². The Bertz CT molecular complexity index is 1370. The highest BCUT2D eigenvalue weighted by molar-refractivity contribution is 7.89. The Labute approximate surface area is 225 Å². The van der Waals surface area contributed by atoms with Crippen LogP contribution in [-0.2, 0) is 34.7 Å².